The minimum absolute atomic E-state index is 0.0106. The van der Waals surface area contributed by atoms with E-state index >= 15 is 0 Å². The molecule has 0 unspecified atom stereocenters. The van der Waals surface area contributed by atoms with Crippen molar-refractivity contribution in [2.45, 2.75) is 144 Å². The van der Waals surface area contributed by atoms with Crippen molar-refractivity contribution in [1.82, 2.24) is 0 Å². The molecule has 0 aromatic heterocycles. The highest BCUT2D eigenvalue weighted by Gasteiger charge is 2.71. The molecule has 34 heavy (non-hydrogen) atoms. The van der Waals surface area contributed by atoms with E-state index in [2.05, 4.69) is 48.5 Å². The van der Waals surface area contributed by atoms with E-state index in [4.69, 9.17) is 0 Å². The van der Waals surface area contributed by atoms with E-state index in [0.717, 1.165) is 18.8 Å². The maximum atomic E-state index is 10.9. The van der Waals surface area contributed by atoms with Gasteiger partial charge in [-0.1, -0.05) is 48.5 Å². The highest BCUT2D eigenvalue weighted by Crippen LogP contribution is 2.78. The molecule has 10 atom stereocenters. The fourth-order valence-corrected chi connectivity index (χ4v) is 10.9. The number of rotatable bonds is 5. The smallest absolute Gasteiger partial charge is 0.0849 e. The van der Waals surface area contributed by atoms with Crippen LogP contribution in [0.2, 0.25) is 0 Å². The summed E-state index contributed by atoms with van der Waals surface area (Å²) < 4.78 is 0. The third-order valence-electron chi connectivity index (χ3n) is 13.7. The van der Waals surface area contributed by atoms with Crippen LogP contribution in [0, 0.1) is 50.7 Å². The van der Waals surface area contributed by atoms with Crippen molar-refractivity contribution >= 4 is 0 Å². The summed E-state index contributed by atoms with van der Waals surface area (Å²) in [4.78, 5) is 0. The number of hydrogen-bond donors (Lipinski definition) is 3. The van der Waals surface area contributed by atoms with Crippen LogP contribution in [-0.2, 0) is 0 Å². The Balaban J connectivity index is 1.59. The lowest BCUT2D eigenvalue weighted by molar-refractivity contribution is -0.244. The summed E-state index contributed by atoms with van der Waals surface area (Å²) in [6.07, 6.45) is 10.9. The van der Waals surface area contributed by atoms with E-state index < -0.39 is 11.7 Å². The zero-order chi connectivity index (χ0) is 25.5. The molecule has 4 fully saturated rings. The molecule has 0 spiro atoms. The third-order valence-corrected chi connectivity index (χ3v) is 13.7. The van der Waals surface area contributed by atoms with Gasteiger partial charge in [0.05, 0.1) is 17.8 Å². The summed E-state index contributed by atoms with van der Waals surface area (Å²) in [6.45, 7) is 21.1. The second kappa shape index (κ2) is 8.19. The van der Waals surface area contributed by atoms with Crippen LogP contribution in [0.4, 0.5) is 0 Å². The van der Waals surface area contributed by atoms with Gasteiger partial charge < -0.3 is 15.3 Å². The van der Waals surface area contributed by atoms with Gasteiger partial charge in [0.25, 0.3) is 0 Å². The first-order valence-corrected chi connectivity index (χ1v) is 14.5. The SMILES string of the molecule is C[C@H](CC[C@@H](O)C(C)(C)O)[C@H]1CC[C@@]2(C)[C@@H]3CC[C@H]4C(C)(C)[C@H](O)CC[C@]4(C)[C@]3(C)CC[C@]12C. The minimum Gasteiger partial charge on any atom is -0.393 e. The van der Waals surface area contributed by atoms with Crippen LogP contribution in [0.5, 0.6) is 0 Å². The highest BCUT2D eigenvalue weighted by atomic mass is 16.3. The average molecular weight is 477 g/mol. The van der Waals surface area contributed by atoms with Crippen molar-refractivity contribution < 1.29 is 15.3 Å². The first kappa shape index (κ1) is 26.9. The monoisotopic (exact) mass is 476 g/mol. The van der Waals surface area contributed by atoms with Gasteiger partial charge in [-0.3, -0.25) is 0 Å². The van der Waals surface area contributed by atoms with Gasteiger partial charge >= 0.3 is 0 Å². The molecule has 4 saturated carbocycles. The molecule has 0 heterocycles. The molecule has 0 amide bonds. The molecule has 0 aromatic rings. The number of aliphatic hydroxyl groups excluding tert-OH is 2. The number of hydrogen-bond acceptors (Lipinski definition) is 3. The molecule has 0 radical (unpaired) electrons. The van der Waals surface area contributed by atoms with Gasteiger partial charge in [-0.25, -0.2) is 0 Å². The van der Waals surface area contributed by atoms with Gasteiger partial charge in [0.1, 0.15) is 0 Å². The van der Waals surface area contributed by atoms with Gasteiger partial charge in [0.15, 0.2) is 0 Å². The van der Waals surface area contributed by atoms with E-state index in [-0.39, 0.29) is 11.5 Å². The summed E-state index contributed by atoms with van der Waals surface area (Å²) in [5, 5.41) is 31.6. The van der Waals surface area contributed by atoms with Gasteiger partial charge in [-0.2, -0.15) is 0 Å². The molecule has 3 nitrogen and oxygen atoms in total. The molecule has 198 valence electrons. The lowest BCUT2D eigenvalue weighted by Crippen LogP contribution is -2.66. The standard InChI is InChI=1S/C31H56O3/c1-20(10-13-25(33)27(4,5)34)21-14-16-30(8)23-12-11-22-26(2,3)24(32)15-17-29(22,7)31(23,9)19-18-28(21,30)6/h20-25,32-34H,10-19H2,1-9H3/t20-,21-,22+,23+,24-,25-,28-,29+,30+,31-/m1/s1. The third kappa shape index (κ3) is 3.52. The van der Waals surface area contributed by atoms with Crippen molar-refractivity contribution in [3.05, 3.63) is 0 Å². The molecule has 4 aliphatic carbocycles. The predicted molar refractivity (Wildman–Crippen MR) is 140 cm³/mol. The van der Waals surface area contributed by atoms with Crippen LogP contribution in [0.1, 0.15) is 127 Å². The first-order chi connectivity index (χ1) is 15.4. The topological polar surface area (TPSA) is 60.7 Å². The largest absolute Gasteiger partial charge is 0.393 e. The fourth-order valence-electron chi connectivity index (χ4n) is 10.9. The summed E-state index contributed by atoms with van der Waals surface area (Å²) in [7, 11) is 0. The predicted octanol–water partition coefficient (Wildman–Crippen LogP) is 6.97. The lowest BCUT2D eigenvalue weighted by atomic mass is 9.33. The van der Waals surface area contributed by atoms with E-state index in [1.807, 2.05) is 0 Å². The average Bonchev–Trinajstić information content (AvgIpc) is 3.01. The molecule has 0 aliphatic heterocycles. The summed E-state index contributed by atoms with van der Waals surface area (Å²) >= 11 is 0. The van der Waals surface area contributed by atoms with Crippen LogP contribution in [0.25, 0.3) is 0 Å². The molecular formula is C31H56O3. The van der Waals surface area contributed by atoms with Crippen molar-refractivity contribution in [3.8, 4) is 0 Å². The zero-order valence-electron chi connectivity index (χ0n) is 23.9. The Morgan fingerprint density at radius 3 is 1.85 bits per heavy atom. The van der Waals surface area contributed by atoms with Gasteiger partial charge in [0.2, 0.25) is 0 Å². The van der Waals surface area contributed by atoms with E-state index in [0.29, 0.717) is 45.8 Å². The normalized spacial score (nSPS) is 50.1. The van der Waals surface area contributed by atoms with Crippen LogP contribution >= 0.6 is 0 Å². The van der Waals surface area contributed by atoms with Gasteiger partial charge in [-0.05, 0) is 129 Å². The maximum Gasteiger partial charge on any atom is 0.0849 e. The Hall–Kier alpha value is -0.120. The lowest BCUT2D eigenvalue weighted by Gasteiger charge is -2.72. The molecule has 4 rings (SSSR count). The second-order valence-corrected chi connectivity index (χ2v) is 15.6. The molecular weight excluding hydrogens is 420 g/mol. The second-order valence-electron chi connectivity index (χ2n) is 15.6. The van der Waals surface area contributed by atoms with E-state index in [9.17, 15) is 15.3 Å². The fraction of sp³-hybridized carbons (Fsp3) is 1.00. The molecule has 3 heteroatoms. The van der Waals surface area contributed by atoms with Crippen molar-refractivity contribution in [2.24, 2.45) is 50.7 Å². The van der Waals surface area contributed by atoms with Crippen LogP contribution in [-0.4, -0.2) is 33.1 Å². The first-order valence-electron chi connectivity index (χ1n) is 14.5. The van der Waals surface area contributed by atoms with Gasteiger partial charge in [0, 0.05) is 0 Å². The van der Waals surface area contributed by atoms with E-state index in [1.54, 1.807) is 13.8 Å². The summed E-state index contributed by atoms with van der Waals surface area (Å²) in [6, 6.07) is 0. The molecule has 4 aliphatic rings. The van der Waals surface area contributed by atoms with Crippen molar-refractivity contribution in [1.29, 1.82) is 0 Å². The Bertz CT molecular complexity index is 769. The van der Waals surface area contributed by atoms with Gasteiger partial charge in [-0.15, -0.1) is 0 Å². The van der Waals surface area contributed by atoms with Crippen LogP contribution in [0.15, 0.2) is 0 Å². The molecule has 3 N–H and O–H groups in total. The minimum atomic E-state index is -1.02. The number of aliphatic hydroxyl groups is 3. The molecule has 0 aromatic carbocycles. The number of fused-ring (bicyclic) bond motifs is 5. The quantitative estimate of drug-likeness (QED) is 0.401. The summed E-state index contributed by atoms with van der Waals surface area (Å²) in [5.74, 6) is 2.64. The zero-order valence-corrected chi connectivity index (χ0v) is 23.9. The Labute approximate surface area is 210 Å². The van der Waals surface area contributed by atoms with Crippen molar-refractivity contribution in [2.75, 3.05) is 0 Å². The Kier molecular flexibility index (Phi) is 6.49. The Morgan fingerprint density at radius 1 is 0.735 bits per heavy atom. The van der Waals surface area contributed by atoms with E-state index in [1.165, 1.54) is 44.9 Å². The van der Waals surface area contributed by atoms with Crippen LogP contribution in [0.3, 0.4) is 0 Å². The maximum absolute atomic E-state index is 10.9. The highest BCUT2D eigenvalue weighted by molar-refractivity contribution is 5.20. The Morgan fingerprint density at radius 2 is 1.24 bits per heavy atom. The van der Waals surface area contributed by atoms with Crippen LogP contribution < -0.4 is 0 Å². The molecule has 0 bridgehead atoms. The van der Waals surface area contributed by atoms with Crippen molar-refractivity contribution in [3.63, 3.8) is 0 Å². The summed E-state index contributed by atoms with van der Waals surface area (Å²) in [5.41, 5.74) is 0.359. The molecule has 0 saturated heterocycles.